The van der Waals surface area contributed by atoms with Gasteiger partial charge in [-0.25, -0.2) is 19.1 Å². The van der Waals surface area contributed by atoms with E-state index in [-0.39, 0.29) is 36.7 Å². The molecule has 0 bridgehead atoms. The van der Waals surface area contributed by atoms with E-state index in [9.17, 15) is 27.2 Å². The van der Waals surface area contributed by atoms with Gasteiger partial charge in [0.25, 0.3) is 5.91 Å². The Hall–Kier alpha value is -3.17. The number of imide groups is 1. The second-order valence-electron chi connectivity index (χ2n) is 9.75. The highest BCUT2D eigenvalue weighted by Crippen LogP contribution is 2.59. The van der Waals surface area contributed by atoms with Crippen LogP contribution in [0.5, 0.6) is 0 Å². The van der Waals surface area contributed by atoms with E-state index in [2.05, 4.69) is 10.3 Å². The topological polar surface area (TPSA) is 65.5 Å². The van der Waals surface area contributed by atoms with E-state index in [1.54, 1.807) is 32.2 Å². The fraction of sp³-hybridized carbons (Fsp3) is 0.458. The van der Waals surface area contributed by atoms with E-state index in [4.69, 9.17) is 0 Å². The number of hydrogen-bond donors (Lipinski definition) is 1. The molecular formula is C24H24F4N4O2. The fourth-order valence-corrected chi connectivity index (χ4v) is 4.46. The number of pyridine rings is 1. The van der Waals surface area contributed by atoms with Crippen LogP contribution < -0.4 is 10.2 Å². The van der Waals surface area contributed by atoms with Crippen molar-refractivity contribution in [3.8, 4) is 0 Å². The molecule has 2 saturated carbocycles. The van der Waals surface area contributed by atoms with Gasteiger partial charge in [-0.1, -0.05) is 12.1 Å². The molecule has 34 heavy (non-hydrogen) atoms. The molecule has 2 aliphatic carbocycles. The maximum atomic E-state index is 13.4. The fourth-order valence-electron chi connectivity index (χ4n) is 4.46. The van der Waals surface area contributed by atoms with Crippen molar-refractivity contribution in [2.24, 2.45) is 0 Å². The Kier molecular flexibility index (Phi) is 4.93. The molecule has 1 aromatic carbocycles. The highest BCUT2D eigenvalue weighted by Gasteiger charge is 2.64. The third kappa shape index (κ3) is 3.59. The van der Waals surface area contributed by atoms with Crippen molar-refractivity contribution in [3.05, 3.63) is 53.7 Å². The van der Waals surface area contributed by atoms with Crippen LogP contribution in [0.15, 0.2) is 42.6 Å². The molecular weight excluding hydrogens is 452 g/mol. The Morgan fingerprint density at radius 2 is 1.76 bits per heavy atom. The van der Waals surface area contributed by atoms with Gasteiger partial charge in [0.15, 0.2) is 0 Å². The number of benzene rings is 1. The van der Waals surface area contributed by atoms with Crippen molar-refractivity contribution in [2.75, 3.05) is 10.2 Å². The number of nitrogens with zero attached hydrogens (tertiary/aromatic N) is 3. The van der Waals surface area contributed by atoms with Crippen molar-refractivity contribution in [2.45, 2.75) is 69.0 Å². The Balaban J connectivity index is 1.36. The Bertz CT molecular complexity index is 1140. The standard InChI is InChI=1S/C24H24F4N4O2/c1-22(2)20(33)32(16-5-3-15(4-6-16)23(8-9-23)24(26,27)28)21(34)31(22)13-14-7-10-29-19(11-14)30-18-12-17(18)25/h3-7,10-11,17-18H,8-9,12-13H2,1-2H3,(H,29,30)/t17-,18+/m1/s1. The van der Waals surface area contributed by atoms with Crippen LogP contribution in [-0.4, -0.2) is 45.8 Å². The zero-order valence-corrected chi connectivity index (χ0v) is 18.7. The second kappa shape index (κ2) is 7.41. The Morgan fingerprint density at radius 1 is 1.12 bits per heavy atom. The van der Waals surface area contributed by atoms with Crippen molar-refractivity contribution in [3.63, 3.8) is 0 Å². The lowest BCUT2D eigenvalue weighted by atomic mass is 9.95. The number of carbonyl (C=O) groups is 2. The van der Waals surface area contributed by atoms with Crippen LogP contribution in [-0.2, 0) is 16.8 Å². The van der Waals surface area contributed by atoms with Gasteiger partial charge in [0.1, 0.15) is 17.5 Å². The molecule has 3 aliphatic rings. The first-order chi connectivity index (χ1) is 15.9. The van der Waals surface area contributed by atoms with Gasteiger partial charge >= 0.3 is 12.2 Å². The van der Waals surface area contributed by atoms with E-state index in [0.717, 1.165) is 4.90 Å². The van der Waals surface area contributed by atoms with Gasteiger partial charge in [-0.05, 0) is 62.1 Å². The van der Waals surface area contributed by atoms with Gasteiger partial charge < -0.3 is 10.2 Å². The summed E-state index contributed by atoms with van der Waals surface area (Å²) in [5.41, 5.74) is -1.92. The number of anilines is 2. The number of halogens is 4. The third-order valence-corrected chi connectivity index (χ3v) is 7.01. The lowest BCUT2D eigenvalue weighted by Gasteiger charge is -2.27. The molecule has 10 heteroatoms. The van der Waals surface area contributed by atoms with E-state index in [0.29, 0.717) is 17.8 Å². The molecule has 0 unspecified atom stereocenters. The van der Waals surface area contributed by atoms with Gasteiger partial charge in [-0.3, -0.25) is 4.79 Å². The van der Waals surface area contributed by atoms with Gasteiger partial charge in [-0.2, -0.15) is 13.2 Å². The summed E-state index contributed by atoms with van der Waals surface area (Å²) in [4.78, 5) is 33.0. The van der Waals surface area contributed by atoms with Crippen LogP contribution in [0, 0.1) is 0 Å². The van der Waals surface area contributed by atoms with Crippen LogP contribution in [0.3, 0.4) is 0 Å². The van der Waals surface area contributed by atoms with Crippen LogP contribution in [0.1, 0.15) is 44.2 Å². The minimum atomic E-state index is -4.34. The lowest BCUT2D eigenvalue weighted by molar-refractivity contribution is -0.160. The number of urea groups is 1. The number of alkyl halides is 4. The van der Waals surface area contributed by atoms with E-state index < -0.39 is 35.2 Å². The first-order valence-corrected chi connectivity index (χ1v) is 11.1. The van der Waals surface area contributed by atoms with Crippen molar-refractivity contribution >= 4 is 23.4 Å². The quantitative estimate of drug-likeness (QED) is 0.474. The molecule has 1 aromatic heterocycles. The SMILES string of the molecule is CC1(C)C(=O)N(c2ccc(C3(C(F)(F)F)CC3)cc2)C(=O)N1Cc1ccnc(N[C@H]2C[C@H]2F)c1. The smallest absolute Gasteiger partial charge is 0.364 e. The number of carbonyl (C=O) groups excluding carboxylic acids is 2. The predicted octanol–water partition coefficient (Wildman–Crippen LogP) is 4.95. The van der Waals surface area contributed by atoms with Gasteiger partial charge in [0.2, 0.25) is 0 Å². The zero-order valence-electron chi connectivity index (χ0n) is 18.7. The second-order valence-corrected chi connectivity index (χ2v) is 9.75. The highest BCUT2D eigenvalue weighted by atomic mass is 19.4. The summed E-state index contributed by atoms with van der Waals surface area (Å²) >= 11 is 0. The van der Waals surface area contributed by atoms with Crippen molar-refractivity contribution in [1.82, 2.24) is 9.88 Å². The minimum absolute atomic E-state index is 0.0355. The normalized spacial score (nSPS) is 25.0. The monoisotopic (exact) mass is 476 g/mol. The summed E-state index contributed by atoms with van der Waals surface area (Å²) < 4.78 is 53.5. The summed E-state index contributed by atoms with van der Waals surface area (Å²) in [5.74, 6) is 0.0254. The predicted molar refractivity (Wildman–Crippen MR) is 117 cm³/mol. The summed E-state index contributed by atoms with van der Waals surface area (Å²) in [6.45, 7) is 3.37. The molecule has 1 saturated heterocycles. The molecule has 0 radical (unpaired) electrons. The van der Waals surface area contributed by atoms with Crippen molar-refractivity contribution in [1.29, 1.82) is 0 Å². The lowest BCUT2D eigenvalue weighted by Crippen LogP contribution is -2.43. The maximum absolute atomic E-state index is 13.4. The zero-order chi connectivity index (χ0) is 24.5. The average molecular weight is 476 g/mol. The van der Waals surface area contributed by atoms with Crippen molar-refractivity contribution < 1.29 is 27.2 Å². The van der Waals surface area contributed by atoms with E-state index in [1.165, 1.54) is 29.2 Å². The highest BCUT2D eigenvalue weighted by molar-refractivity contribution is 6.22. The number of amides is 3. The van der Waals surface area contributed by atoms with Crippen LogP contribution in [0.4, 0.5) is 33.9 Å². The number of hydrogen-bond acceptors (Lipinski definition) is 4. The summed E-state index contributed by atoms with van der Waals surface area (Å²) in [6.07, 6.45) is -3.19. The molecule has 6 nitrogen and oxygen atoms in total. The van der Waals surface area contributed by atoms with Gasteiger partial charge in [-0.15, -0.1) is 0 Å². The first kappa shape index (κ1) is 22.6. The van der Waals surface area contributed by atoms with E-state index in [1.807, 2.05) is 0 Å². The van der Waals surface area contributed by atoms with Gasteiger partial charge in [0.05, 0.1) is 17.1 Å². The summed E-state index contributed by atoms with van der Waals surface area (Å²) in [7, 11) is 0. The van der Waals surface area contributed by atoms with Gasteiger partial charge in [0, 0.05) is 19.2 Å². The molecule has 0 spiro atoms. The molecule has 2 aromatic rings. The Labute approximate surface area is 193 Å². The number of nitrogens with one attached hydrogen (secondary N) is 1. The largest absolute Gasteiger partial charge is 0.398 e. The molecule has 2 heterocycles. The minimum Gasteiger partial charge on any atom is -0.364 e. The number of aromatic nitrogens is 1. The third-order valence-electron chi connectivity index (χ3n) is 7.01. The first-order valence-electron chi connectivity index (χ1n) is 11.1. The maximum Gasteiger partial charge on any atom is 0.398 e. The molecule has 1 N–H and O–H groups in total. The van der Waals surface area contributed by atoms with E-state index >= 15 is 0 Å². The molecule has 3 fully saturated rings. The van der Waals surface area contributed by atoms with Crippen LogP contribution >= 0.6 is 0 Å². The molecule has 2 atom stereocenters. The Morgan fingerprint density at radius 3 is 2.32 bits per heavy atom. The molecule has 1 aliphatic heterocycles. The van der Waals surface area contributed by atoms with Crippen LogP contribution in [0.2, 0.25) is 0 Å². The molecule has 3 amide bonds. The van der Waals surface area contributed by atoms with Crippen LogP contribution in [0.25, 0.3) is 0 Å². The number of rotatable bonds is 6. The summed E-state index contributed by atoms with van der Waals surface area (Å²) in [5, 5.41) is 2.99. The molecule has 180 valence electrons. The summed E-state index contributed by atoms with van der Waals surface area (Å²) in [6, 6.07) is 8.09. The molecule has 5 rings (SSSR count). The average Bonchev–Trinajstić information content (AvgIpc) is 3.69.